The number of rotatable bonds is 5. The molecule has 1 heterocycles. The van der Waals surface area contributed by atoms with Crippen molar-refractivity contribution in [1.82, 2.24) is 4.72 Å². The van der Waals surface area contributed by atoms with E-state index in [1.165, 1.54) is 11.3 Å². The summed E-state index contributed by atoms with van der Waals surface area (Å²) >= 11 is 4.45. The van der Waals surface area contributed by atoms with Crippen molar-refractivity contribution in [2.24, 2.45) is 0 Å². The van der Waals surface area contributed by atoms with Crippen molar-refractivity contribution in [2.75, 3.05) is 6.61 Å². The summed E-state index contributed by atoms with van der Waals surface area (Å²) in [7, 11) is -3.38. The molecular weight excluding hydrogens is 326 g/mol. The maximum absolute atomic E-state index is 12.0. The maximum Gasteiger partial charge on any atom is 0.251 e. The molecule has 0 aromatic carbocycles. The van der Waals surface area contributed by atoms with Gasteiger partial charge in [0, 0.05) is 17.1 Å². The summed E-state index contributed by atoms with van der Waals surface area (Å²) in [5, 5.41) is 1.75. The van der Waals surface area contributed by atoms with E-state index in [0.717, 1.165) is 12.8 Å². The van der Waals surface area contributed by atoms with Crippen molar-refractivity contribution in [3.8, 4) is 0 Å². The summed E-state index contributed by atoms with van der Waals surface area (Å²) in [5.74, 6) is 0. The van der Waals surface area contributed by atoms with Gasteiger partial charge in [0.2, 0.25) is 0 Å². The number of hydrogen-bond donors (Lipinski definition) is 1. The van der Waals surface area contributed by atoms with E-state index in [1.54, 1.807) is 11.4 Å². The molecule has 1 aliphatic rings. The van der Waals surface area contributed by atoms with Crippen LogP contribution < -0.4 is 4.72 Å². The molecule has 2 rings (SSSR count). The Balaban J connectivity index is 1.94. The molecule has 0 amide bonds. The molecule has 17 heavy (non-hydrogen) atoms. The molecule has 0 unspecified atom stereocenters. The minimum atomic E-state index is -3.38. The number of halogens is 1. The fourth-order valence-corrected chi connectivity index (χ4v) is 5.39. The van der Waals surface area contributed by atoms with Crippen LogP contribution in [-0.4, -0.2) is 27.2 Å². The molecule has 1 N–H and O–H groups in total. The third-order valence-electron chi connectivity index (χ3n) is 2.65. The van der Waals surface area contributed by atoms with Crippen LogP contribution in [0, 0.1) is 0 Å². The molecule has 1 fully saturated rings. The van der Waals surface area contributed by atoms with Crippen molar-refractivity contribution in [3.63, 3.8) is 0 Å². The first-order valence-corrected chi connectivity index (χ1v) is 8.55. The van der Waals surface area contributed by atoms with Crippen LogP contribution in [0.25, 0.3) is 0 Å². The molecule has 0 spiro atoms. The quantitative estimate of drug-likeness (QED) is 0.895. The highest BCUT2D eigenvalue weighted by Crippen LogP contribution is 2.30. The number of ether oxygens (including phenoxy) is 1. The van der Waals surface area contributed by atoms with Gasteiger partial charge in [-0.2, -0.15) is 0 Å². The van der Waals surface area contributed by atoms with Gasteiger partial charge in [0.1, 0.15) is 4.21 Å². The van der Waals surface area contributed by atoms with Gasteiger partial charge in [-0.15, -0.1) is 11.3 Å². The van der Waals surface area contributed by atoms with Crippen molar-refractivity contribution in [2.45, 2.75) is 36.1 Å². The zero-order valence-electron chi connectivity index (χ0n) is 9.35. The highest BCUT2D eigenvalue weighted by atomic mass is 79.9. The Labute approximate surface area is 114 Å². The monoisotopic (exact) mass is 339 g/mol. The molecular formula is C10H14BrNO3S2. The summed E-state index contributed by atoms with van der Waals surface area (Å²) in [6, 6.07) is 1.74. The Kier molecular flexibility index (Phi) is 4.25. The van der Waals surface area contributed by atoms with Crippen molar-refractivity contribution in [3.05, 3.63) is 15.9 Å². The highest BCUT2D eigenvalue weighted by molar-refractivity contribution is 9.10. The molecule has 0 radical (unpaired) electrons. The van der Waals surface area contributed by atoms with Crippen LogP contribution in [0.15, 0.2) is 20.1 Å². The van der Waals surface area contributed by atoms with E-state index < -0.39 is 10.0 Å². The lowest BCUT2D eigenvalue weighted by molar-refractivity contribution is -0.00474. The summed E-state index contributed by atoms with van der Waals surface area (Å²) in [4.78, 5) is 0. The average molecular weight is 340 g/mol. The average Bonchev–Trinajstić information content (AvgIpc) is 2.62. The molecule has 7 heteroatoms. The highest BCUT2D eigenvalue weighted by Gasteiger charge is 2.33. The number of nitrogens with one attached hydrogen (secondary N) is 1. The van der Waals surface area contributed by atoms with Crippen LogP contribution >= 0.6 is 27.3 Å². The van der Waals surface area contributed by atoms with Gasteiger partial charge in [0.25, 0.3) is 10.0 Å². The van der Waals surface area contributed by atoms with E-state index >= 15 is 0 Å². The summed E-state index contributed by atoms with van der Waals surface area (Å²) in [6.07, 6.45) is 1.73. The molecule has 1 aliphatic carbocycles. The molecule has 0 aliphatic heterocycles. The molecule has 96 valence electrons. The first-order valence-electron chi connectivity index (χ1n) is 5.40. The van der Waals surface area contributed by atoms with Gasteiger partial charge < -0.3 is 4.74 Å². The van der Waals surface area contributed by atoms with Crippen molar-refractivity contribution < 1.29 is 13.2 Å². The third-order valence-corrected chi connectivity index (χ3v) is 6.84. The Hall–Kier alpha value is 0.0500. The lowest BCUT2D eigenvalue weighted by Crippen LogP contribution is -2.47. The second kappa shape index (κ2) is 5.36. The van der Waals surface area contributed by atoms with Gasteiger partial charge in [0.15, 0.2) is 0 Å². The standard InChI is InChI=1S/C10H14BrNO3S2/c1-2-15-8-5-7(6-8)12-17(13,14)10-9(11)3-4-16-10/h3-4,7-8,12H,2,5-6H2,1H3. The summed E-state index contributed by atoms with van der Waals surface area (Å²) < 4.78 is 33.1. The Morgan fingerprint density at radius 3 is 2.82 bits per heavy atom. The first kappa shape index (κ1) is 13.5. The van der Waals surface area contributed by atoms with E-state index in [-0.39, 0.29) is 12.1 Å². The largest absolute Gasteiger partial charge is 0.378 e. The lowest BCUT2D eigenvalue weighted by Gasteiger charge is -2.34. The van der Waals surface area contributed by atoms with Gasteiger partial charge in [-0.1, -0.05) is 0 Å². The summed E-state index contributed by atoms with van der Waals surface area (Å²) in [5.41, 5.74) is 0. The lowest BCUT2D eigenvalue weighted by atomic mass is 9.90. The van der Waals surface area contributed by atoms with E-state index in [9.17, 15) is 8.42 Å². The topological polar surface area (TPSA) is 55.4 Å². The smallest absolute Gasteiger partial charge is 0.251 e. The maximum atomic E-state index is 12.0. The van der Waals surface area contributed by atoms with Crippen LogP contribution in [-0.2, 0) is 14.8 Å². The van der Waals surface area contributed by atoms with Crippen LogP contribution in [0.3, 0.4) is 0 Å². The Morgan fingerprint density at radius 1 is 1.59 bits per heavy atom. The van der Waals surface area contributed by atoms with Crippen LogP contribution in [0.1, 0.15) is 19.8 Å². The van der Waals surface area contributed by atoms with Crippen LogP contribution in [0.4, 0.5) is 0 Å². The van der Waals surface area contributed by atoms with Gasteiger partial charge in [0.05, 0.1) is 6.10 Å². The van der Waals surface area contributed by atoms with E-state index in [0.29, 0.717) is 15.3 Å². The minimum Gasteiger partial charge on any atom is -0.378 e. The van der Waals surface area contributed by atoms with Crippen molar-refractivity contribution >= 4 is 37.3 Å². The summed E-state index contributed by atoms with van der Waals surface area (Å²) in [6.45, 7) is 2.63. The number of sulfonamides is 1. The molecule has 1 aromatic heterocycles. The number of hydrogen-bond acceptors (Lipinski definition) is 4. The number of thiophene rings is 1. The second-order valence-corrected chi connectivity index (χ2v) is 7.60. The normalized spacial score (nSPS) is 24.6. The van der Waals surface area contributed by atoms with Crippen LogP contribution in [0.2, 0.25) is 0 Å². The third kappa shape index (κ3) is 3.08. The Morgan fingerprint density at radius 2 is 2.29 bits per heavy atom. The molecule has 0 bridgehead atoms. The van der Waals surface area contributed by atoms with Gasteiger partial charge >= 0.3 is 0 Å². The first-order chi connectivity index (χ1) is 8.03. The van der Waals surface area contributed by atoms with Gasteiger partial charge in [-0.25, -0.2) is 13.1 Å². The van der Waals surface area contributed by atoms with E-state index in [4.69, 9.17) is 4.74 Å². The predicted octanol–water partition coefficient (Wildman–Crippen LogP) is 2.36. The van der Waals surface area contributed by atoms with E-state index in [1.807, 2.05) is 6.92 Å². The van der Waals surface area contributed by atoms with E-state index in [2.05, 4.69) is 20.7 Å². The molecule has 1 saturated carbocycles. The fraction of sp³-hybridized carbons (Fsp3) is 0.600. The van der Waals surface area contributed by atoms with Crippen LogP contribution in [0.5, 0.6) is 0 Å². The molecule has 0 atom stereocenters. The second-order valence-electron chi connectivity index (χ2n) is 3.92. The molecule has 0 saturated heterocycles. The predicted molar refractivity (Wildman–Crippen MR) is 70.8 cm³/mol. The fourth-order valence-electron chi connectivity index (χ4n) is 1.78. The molecule has 1 aromatic rings. The van der Waals surface area contributed by atoms with Gasteiger partial charge in [-0.05, 0) is 47.1 Å². The minimum absolute atomic E-state index is 0.00514. The van der Waals surface area contributed by atoms with Crippen molar-refractivity contribution in [1.29, 1.82) is 0 Å². The Bertz CT molecular complexity index is 479. The zero-order chi connectivity index (χ0) is 12.5. The zero-order valence-corrected chi connectivity index (χ0v) is 12.6. The van der Waals surface area contributed by atoms with Gasteiger partial charge in [-0.3, -0.25) is 0 Å². The molecule has 4 nitrogen and oxygen atoms in total. The SMILES string of the molecule is CCOC1CC(NS(=O)(=O)c2sccc2Br)C1.